The number of benzene rings is 2. The lowest BCUT2D eigenvalue weighted by molar-refractivity contribution is -0.916. The normalized spacial score (nSPS) is 13.3. The monoisotopic (exact) mass is 1610 g/mol. The van der Waals surface area contributed by atoms with Crippen molar-refractivity contribution in [3.05, 3.63) is 87.0 Å². The molecule has 1 unspecified atom stereocenters. The summed E-state index contributed by atoms with van der Waals surface area (Å²) in [6, 6.07) is 11.5. The Kier molecular flexibility index (Phi) is 39.7. The van der Waals surface area contributed by atoms with Crippen molar-refractivity contribution in [2.75, 3.05) is 91.3 Å². The molecule has 0 bridgehead atoms. The molecule has 34 nitrogen and oxygen atoms in total. The van der Waals surface area contributed by atoms with Crippen LogP contribution >= 0.6 is 23.2 Å². The van der Waals surface area contributed by atoms with E-state index < -0.39 is 146 Å². The Morgan fingerprint density at radius 1 is 0.527 bits per heavy atom. The third kappa shape index (κ3) is 33.8. The minimum Gasteiger partial charge on any atom is -0.494 e. The van der Waals surface area contributed by atoms with E-state index in [4.69, 9.17) is 61.3 Å². The van der Waals surface area contributed by atoms with Crippen LogP contribution in [0, 0.1) is 24.7 Å². The first-order valence-electron chi connectivity index (χ1n) is 37.5. The highest BCUT2D eigenvalue weighted by Crippen LogP contribution is 2.27. The molecule has 4 amide bonds. The Morgan fingerprint density at radius 3 is 1.66 bits per heavy atom. The van der Waals surface area contributed by atoms with Gasteiger partial charge in [0.15, 0.2) is 56.8 Å². The molecule has 4 rings (SSSR count). The van der Waals surface area contributed by atoms with E-state index >= 15 is 0 Å². The summed E-state index contributed by atoms with van der Waals surface area (Å²) in [5, 5.41) is 49.7. The highest BCUT2D eigenvalue weighted by molar-refractivity contribution is 6.31. The van der Waals surface area contributed by atoms with Crippen molar-refractivity contribution in [3.8, 4) is 11.5 Å². The summed E-state index contributed by atoms with van der Waals surface area (Å²) in [7, 11) is 8.50. The van der Waals surface area contributed by atoms with Gasteiger partial charge in [0.05, 0.1) is 116 Å². The SMILES string of the molecule is CCC[C@@H](CCc1ccc(OCCCC(=O)CC(CCC(=O)N[C@@H](CC(=O)O)C(=O)C[C@@H](CCCN=C(N)N)C(=O)N[C@@H](CC(=O)O)C(=O)C[C@@H](CC(=O)O)C(=O)NCCOc2ccc(CCC[N+](C)(C)[C@@H](CCC)CNC(=O)c3nc(Cl)c(C)nc3N)cc2)C(=O)O)cc1)[N+](C)(C)CCCC(=O)c1nc(Cl)c(N)nc1N. The van der Waals surface area contributed by atoms with Gasteiger partial charge in [-0.2, -0.15) is 0 Å². The number of rotatable bonds is 56. The number of nitrogen functional groups attached to an aromatic ring is 3. The number of nitrogens with zero attached hydrogens (tertiary/aromatic N) is 7. The number of aromatic nitrogens is 4. The molecule has 36 heteroatoms. The zero-order valence-corrected chi connectivity index (χ0v) is 66.5. The molecule has 2 heterocycles. The van der Waals surface area contributed by atoms with Crippen molar-refractivity contribution < 1.29 is 96.4 Å². The van der Waals surface area contributed by atoms with Crippen LogP contribution in [0.3, 0.4) is 0 Å². The predicted octanol–water partition coefficient (Wildman–Crippen LogP) is 5.47. The summed E-state index contributed by atoms with van der Waals surface area (Å²) in [4.78, 5) is 177. The van der Waals surface area contributed by atoms with E-state index in [1.807, 2.05) is 36.4 Å². The molecule has 0 saturated carbocycles. The first kappa shape index (κ1) is 94.2. The fraction of sp³-hybridized carbons (Fsp3) is 0.566. The van der Waals surface area contributed by atoms with Gasteiger partial charge < -0.3 is 88.8 Å². The van der Waals surface area contributed by atoms with Crippen LogP contribution in [-0.2, 0) is 60.8 Å². The molecule has 112 heavy (non-hydrogen) atoms. The van der Waals surface area contributed by atoms with Crippen molar-refractivity contribution in [2.45, 2.75) is 186 Å². The van der Waals surface area contributed by atoms with E-state index in [1.54, 1.807) is 19.1 Å². The van der Waals surface area contributed by atoms with E-state index in [1.165, 1.54) is 0 Å². The molecule has 4 aromatic rings. The average molecular weight is 1610 g/mol. The van der Waals surface area contributed by atoms with Gasteiger partial charge in [0.25, 0.3) is 5.91 Å². The second kappa shape index (κ2) is 47.2. The van der Waals surface area contributed by atoms with Crippen LogP contribution < -0.4 is 59.4 Å². The van der Waals surface area contributed by atoms with Crippen molar-refractivity contribution in [1.82, 2.24) is 41.2 Å². The molecular formula is C76H112Cl2N16O18+2. The average Bonchev–Trinajstić information content (AvgIpc) is 0.842. The zero-order chi connectivity index (χ0) is 83.4. The number of carboxylic acid groups (broad SMARTS) is 4. The number of Topliss-reactive ketones (excluding diaryl/α,β-unsaturated/α-hetero) is 4. The first-order chi connectivity index (χ1) is 52.8. The van der Waals surface area contributed by atoms with Gasteiger partial charge >= 0.3 is 23.9 Å². The lowest BCUT2D eigenvalue weighted by Gasteiger charge is -2.38. The van der Waals surface area contributed by atoms with E-state index in [0.29, 0.717) is 45.2 Å². The molecule has 0 aliphatic carbocycles. The molecular weight excluding hydrogens is 1500 g/mol. The molecule has 0 aliphatic rings. The fourth-order valence-corrected chi connectivity index (χ4v) is 13.2. The van der Waals surface area contributed by atoms with E-state index in [0.717, 1.165) is 75.6 Å². The van der Waals surface area contributed by atoms with Gasteiger partial charge in [-0.15, -0.1) is 0 Å². The van der Waals surface area contributed by atoms with Gasteiger partial charge in [0, 0.05) is 76.7 Å². The molecule has 2 aromatic carbocycles. The Hall–Kier alpha value is -10.2. The second-order valence-corrected chi connectivity index (χ2v) is 29.8. The predicted molar refractivity (Wildman–Crippen MR) is 419 cm³/mol. The van der Waals surface area contributed by atoms with Gasteiger partial charge in [0.2, 0.25) is 17.7 Å². The number of quaternary nitrogens is 2. The van der Waals surface area contributed by atoms with Gasteiger partial charge in [-0.25, -0.2) is 19.9 Å². The Bertz CT molecular complexity index is 3900. The van der Waals surface area contributed by atoms with Crippen LogP contribution in [0.4, 0.5) is 17.5 Å². The molecule has 0 radical (unpaired) electrons. The van der Waals surface area contributed by atoms with E-state index in [2.05, 4.69) is 88.2 Å². The summed E-state index contributed by atoms with van der Waals surface area (Å²) in [5.41, 5.74) is 31.0. The summed E-state index contributed by atoms with van der Waals surface area (Å²) in [6.45, 7) is 7.53. The maximum atomic E-state index is 14.1. The third-order valence-corrected chi connectivity index (χ3v) is 20.1. The Labute approximate surface area is 662 Å². The molecule has 0 fully saturated rings. The number of likely N-dealkylation sites (N-methyl/N-ethyl adjacent to an activating group) is 1. The van der Waals surface area contributed by atoms with Crippen LogP contribution in [0.15, 0.2) is 53.5 Å². The van der Waals surface area contributed by atoms with Crippen molar-refractivity contribution in [3.63, 3.8) is 0 Å². The number of carboxylic acids is 4. The highest BCUT2D eigenvalue weighted by atomic mass is 35.5. The van der Waals surface area contributed by atoms with Gasteiger partial charge in [-0.1, -0.05) is 74.2 Å². The van der Waals surface area contributed by atoms with Crippen LogP contribution in [0.2, 0.25) is 10.3 Å². The number of ether oxygens (including phenoxy) is 2. The Morgan fingerprint density at radius 2 is 1.07 bits per heavy atom. The topological polar surface area (TPSA) is 546 Å². The van der Waals surface area contributed by atoms with Crippen molar-refractivity contribution >= 4 is 117 Å². The number of aliphatic imine (C=N–C) groups is 1. The number of halogens is 2. The molecule has 0 aliphatic heterocycles. The largest absolute Gasteiger partial charge is 0.494 e. The second-order valence-electron chi connectivity index (χ2n) is 29.1. The highest BCUT2D eigenvalue weighted by Gasteiger charge is 2.36. The van der Waals surface area contributed by atoms with E-state index in [9.17, 15) is 78.0 Å². The number of guanidine groups is 1. The quantitative estimate of drug-likeness (QED) is 0.00856. The molecule has 0 spiro atoms. The van der Waals surface area contributed by atoms with Gasteiger partial charge in [0.1, 0.15) is 35.6 Å². The Balaban J connectivity index is 1.27. The molecule has 2 aromatic heterocycles. The number of nitrogens with two attached hydrogens (primary N) is 5. The van der Waals surface area contributed by atoms with Gasteiger partial charge in [-0.3, -0.25) is 62.5 Å². The molecule has 18 N–H and O–H groups in total. The third-order valence-electron chi connectivity index (χ3n) is 19.4. The number of nitrogens with one attached hydrogen (secondary N) is 4. The number of aliphatic carboxylic acids is 4. The van der Waals surface area contributed by atoms with Crippen LogP contribution in [-0.4, -0.2) is 224 Å². The lowest BCUT2D eigenvalue weighted by Crippen LogP contribution is -2.54. The first-order valence-corrected chi connectivity index (χ1v) is 38.2. The number of amides is 4. The van der Waals surface area contributed by atoms with Crippen LogP contribution in [0.5, 0.6) is 11.5 Å². The molecule has 616 valence electrons. The summed E-state index contributed by atoms with van der Waals surface area (Å²) in [5.74, 6) is -15.9. The molecule has 0 saturated heterocycles. The van der Waals surface area contributed by atoms with Gasteiger partial charge in [-0.05, 0) is 87.3 Å². The minimum atomic E-state index is -1.88. The van der Waals surface area contributed by atoms with Crippen molar-refractivity contribution in [1.29, 1.82) is 0 Å². The van der Waals surface area contributed by atoms with Crippen LogP contribution in [0.25, 0.3) is 0 Å². The number of anilines is 3. The number of hydrogen-bond acceptors (Lipinski definition) is 22. The number of ketones is 4. The maximum absolute atomic E-state index is 14.1. The lowest BCUT2D eigenvalue weighted by atomic mass is 9.90. The summed E-state index contributed by atoms with van der Waals surface area (Å²) in [6.07, 6.45) is 1.63. The van der Waals surface area contributed by atoms with E-state index in [-0.39, 0.29) is 115 Å². The standard InChI is InChI=1S/C76H110Cl2N16O18/c1-8-14-51(93(4,5)35-12-19-58(96)65-69(79)92-71(81)68(78)90-65)26-20-47-23-29-54(30-24-47)111-36-13-18-53(95)38-49(75(109)110)25-31-61(99)88-56(42-63(102)103)59(97)39-48(17-10-32-85-76(82)83)73(107)89-57(43-64(104)105)60(98)40-50(41-62(100)101)72(106)84-33-37-112-55-27-21-46(22-28-55)16-11-34-94(6,7)52(15-9-2)44-86-74(108)66-70(80)87-45(3)67(77)91-66/h21-24,27-30,48-52,56-57H,8-20,25-26,31-44H2,1-7H3,(H16-2,79,80,81,82,83,84,85,86,87,88,89,92,96,99,100,101,102,103,104,105,106,107,108,109,110)/p+2/t48-,49?,50+,51+,52+,56+,57+/m1/s1. The smallest absolute Gasteiger partial charge is 0.306 e. The van der Waals surface area contributed by atoms with Crippen molar-refractivity contribution in [2.24, 2.45) is 34.2 Å². The summed E-state index contributed by atoms with van der Waals surface area (Å²) < 4.78 is 13.0. The molecule has 7 atom stereocenters. The fourth-order valence-electron chi connectivity index (χ4n) is 12.9. The summed E-state index contributed by atoms with van der Waals surface area (Å²) >= 11 is 12.1. The van der Waals surface area contributed by atoms with Crippen LogP contribution in [0.1, 0.15) is 180 Å². The minimum absolute atomic E-state index is 0.00289. The number of aryl methyl sites for hydroxylation is 3. The maximum Gasteiger partial charge on any atom is 0.306 e. The zero-order valence-electron chi connectivity index (χ0n) is 64.9. The number of carbonyl (C=O) groups is 12. The number of hydrogen-bond donors (Lipinski definition) is 13. The number of carbonyl (C=O) groups excluding carboxylic acids is 8.